The maximum absolute atomic E-state index is 12.3. The molecule has 1 aromatic heterocycles. The molecular formula is C17H25N3O2S. The van der Waals surface area contributed by atoms with E-state index < -0.39 is 0 Å². The highest BCUT2D eigenvalue weighted by molar-refractivity contribution is 7.18. The van der Waals surface area contributed by atoms with Crippen molar-refractivity contribution in [2.45, 2.75) is 33.6 Å². The predicted molar refractivity (Wildman–Crippen MR) is 93.2 cm³/mol. The van der Waals surface area contributed by atoms with Gasteiger partial charge in [0.1, 0.15) is 11.1 Å². The van der Waals surface area contributed by atoms with Gasteiger partial charge in [-0.15, -0.1) is 11.3 Å². The molecule has 1 aromatic rings. The third kappa shape index (κ3) is 4.24. The molecule has 2 heterocycles. The number of rotatable bonds is 4. The van der Waals surface area contributed by atoms with Crippen LogP contribution in [-0.2, 0) is 11.2 Å². The number of nitrogens with zero attached hydrogens (tertiary/aromatic N) is 2. The monoisotopic (exact) mass is 335 g/mol. The number of amides is 1. The molecule has 6 heteroatoms. The third-order valence-electron chi connectivity index (χ3n) is 3.96. The van der Waals surface area contributed by atoms with E-state index in [1.165, 1.54) is 11.3 Å². The fourth-order valence-corrected chi connectivity index (χ4v) is 3.89. The van der Waals surface area contributed by atoms with Crippen LogP contribution in [0, 0.1) is 16.7 Å². The number of thiophene rings is 1. The molecule has 2 rings (SSSR count). The van der Waals surface area contributed by atoms with E-state index in [0.717, 1.165) is 36.5 Å². The van der Waals surface area contributed by atoms with Gasteiger partial charge < -0.3 is 15.0 Å². The van der Waals surface area contributed by atoms with Crippen LogP contribution in [0.1, 0.15) is 48.0 Å². The summed E-state index contributed by atoms with van der Waals surface area (Å²) in [6.07, 6.45) is 1.68. The lowest BCUT2D eigenvalue weighted by molar-refractivity contribution is 0.0966. The summed E-state index contributed by atoms with van der Waals surface area (Å²) in [7, 11) is 1.63. The maximum Gasteiger partial charge on any atom is 0.261 e. The molecule has 1 saturated heterocycles. The van der Waals surface area contributed by atoms with Gasteiger partial charge in [0.05, 0.1) is 23.7 Å². The molecule has 126 valence electrons. The number of morpholine rings is 1. The number of carbonyl (C=O) groups is 1. The van der Waals surface area contributed by atoms with Gasteiger partial charge in [-0.3, -0.25) is 4.79 Å². The Labute approximate surface area is 142 Å². The highest BCUT2D eigenvalue weighted by atomic mass is 32.1. The van der Waals surface area contributed by atoms with Crippen molar-refractivity contribution in [3.63, 3.8) is 0 Å². The number of nitrogens with one attached hydrogen (secondary N) is 1. The molecule has 0 bridgehead atoms. The van der Waals surface area contributed by atoms with Crippen LogP contribution in [0.25, 0.3) is 0 Å². The van der Waals surface area contributed by atoms with Crippen molar-refractivity contribution in [3.8, 4) is 6.07 Å². The number of carbonyl (C=O) groups excluding carboxylic acids is 1. The standard InChI is InChI=1S/C17H25N3O2S/c1-17(2,3)6-5-12-13(11-18)16(20-7-9-22-10-8-20)23-14(12)15(21)19-4/h5-10H2,1-4H3,(H,19,21). The molecule has 0 atom stereocenters. The summed E-state index contributed by atoms with van der Waals surface area (Å²) in [6.45, 7) is 9.38. The van der Waals surface area contributed by atoms with E-state index in [-0.39, 0.29) is 11.3 Å². The topological polar surface area (TPSA) is 65.4 Å². The van der Waals surface area contributed by atoms with Gasteiger partial charge in [-0.2, -0.15) is 5.26 Å². The van der Waals surface area contributed by atoms with Crippen molar-refractivity contribution >= 4 is 22.2 Å². The highest BCUT2D eigenvalue weighted by Crippen LogP contribution is 2.38. The zero-order valence-electron chi connectivity index (χ0n) is 14.4. The lowest BCUT2D eigenvalue weighted by Gasteiger charge is -2.27. The summed E-state index contributed by atoms with van der Waals surface area (Å²) in [5, 5.41) is 13.3. The molecule has 1 fully saturated rings. The number of hydrogen-bond donors (Lipinski definition) is 1. The Kier molecular flexibility index (Phi) is 5.66. The molecule has 1 N–H and O–H groups in total. The average molecular weight is 335 g/mol. The van der Waals surface area contributed by atoms with E-state index in [4.69, 9.17) is 4.74 Å². The first kappa shape index (κ1) is 17.8. The molecule has 0 saturated carbocycles. The second-order valence-corrected chi connectivity index (χ2v) is 7.94. The van der Waals surface area contributed by atoms with E-state index in [0.29, 0.717) is 23.7 Å². The Hall–Kier alpha value is -1.58. The van der Waals surface area contributed by atoms with Crippen LogP contribution in [0.2, 0.25) is 0 Å². The first-order chi connectivity index (χ1) is 10.9. The summed E-state index contributed by atoms with van der Waals surface area (Å²) >= 11 is 1.44. The van der Waals surface area contributed by atoms with E-state index in [1.54, 1.807) is 7.05 Å². The number of nitriles is 1. The first-order valence-electron chi connectivity index (χ1n) is 7.98. The zero-order chi connectivity index (χ0) is 17.0. The van der Waals surface area contributed by atoms with Crippen LogP contribution in [0.4, 0.5) is 5.00 Å². The van der Waals surface area contributed by atoms with Crippen molar-refractivity contribution in [2.75, 3.05) is 38.3 Å². The molecule has 5 nitrogen and oxygen atoms in total. The van der Waals surface area contributed by atoms with Crippen molar-refractivity contribution in [3.05, 3.63) is 16.0 Å². The van der Waals surface area contributed by atoms with Gasteiger partial charge in [0.2, 0.25) is 0 Å². The van der Waals surface area contributed by atoms with Crippen LogP contribution in [0.3, 0.4) is 0 Å². The Morgan fingerprint density at radius 3 is 2.57 bits per heavy atom. The van der Waals surface area contributed by atoms with Crippen LogP contribution in [0.5, 0.6) is 0 Å². The molecule has 1 aliphatic heterocycles. The summed E-state index contributed by atoms with van der Waals surface area (Å²) in [5.74, 6) is -0.102. The normalized spacial score (nSPS) is 15.3. The minimum atomic E-state index is -0.102. The Morgan fingerprint density at radius 1 is 1.39 bits per heavy atom. The summed E-state index contributed by atoms with van der Waals surface area (Å²) in [5.41, 5.74) is 1.72. The second kappa shape index (κ2) is 7.33. The fraction of sp³-hybridized carbons (Fsp3) is 0.647. The molecule has 1 amide bonds. The van der Waals surface area contributed by atoms with Crippen molar-refractivity contribution in [1.29, 1.82) is 5.26 Å². The molecular weight excluding hydrogens is 310 g/mol. The molecule has 0 spiro atoms. The molecule has 1 aliphatic rings. The van der Waals surface area contributed by atoms with Gasteiger partial charge in [-0.25, -0.2) is 0 Å². The molecule has 0 radical (unpaired) electrons. The second-order valence-electron chi connectivity index (χ2n) is 6.94. The first-order valence-corrected chi connectivity index (χ1v) is 8.79. The van der Waals surface area contributed by atoms with Crippen molar-refractivity contribution < 1.29 is 9.53 Å². The Morgan fingerprint density at radius 2 is 2.04 bits per heavy atom. The average Bonchev–Trinajstić information content (AvgIpc) is 2.90. The van der Waals surface area contributed by atoms with E-state index >= 15 is 0 Å². The summed E-state index contributed by atoms with van der Waals surface area (Å²) in [6, 6.07) is 2.35. The van der Waals surface area contributed by atoms with Gasteiger partial charge in [-0.1, -0.05) is 20.8 Å². The quantitative estimate of drug-likeness (QED) is 0.919. The minimum absolute atomic E-state index is 0.102. The third-order valence-corrected chi connectivity index (χ3v) is 5.25. The number of ether oxygens (including phenoxy) is 1. The van der Waals surface area contributed by atoms with Crippen LogP contribution in [0.15, 0.2) is 0 Å². The lowest BCUT2D eigenvalue weighted by Crippen LogP contribution is -2.36. The summed E-state index contributed by atoms with van der Waals surface area (Å²) < 4.78 is 5.39. The largest absolute Gasteiger partial charge is 0.378 e. The van der Waals surface area contributed by atoms with E-state index in [9.17, 15) is 10.1 Å². The minimum Gasteiger partial charge on any atom is -0.378 e. The lowest BCUT2D eigenvalue weighted by atomic mass is 9.88. The van der Waals surface area contributed by atoms with Gasteiger partial charge >= 0.3 is 0 Å². The van der Waals surface area contributed by atoms with Gasteiger partial charge in [0.15, 0.2) is 0 Å². The Balaban J connectivity index is 2.41. The predicted octanol–water partition coefficient (Wildman–Crippen LogP) is 2.79. The zero-order valence-corrected chi connectivity index (χ0v) is 15.2. The van der Waals surface area contributed by atoms with Gasteiger partial charge in [-0.05, 0) is 23.8 Å². The maximum atomic E-state index is 12.3. The van der Waals surface area contributed by atoms with Gasteiger partial charge in [0.25, 0.3) is 5.91 Å². The molecule has 0 aliphatic carbocycles. The number of hydrogen-bond acceptors (Lipinski definition) is 5. The van der Waals surface area contributed by atoms with Crippen LogP contribution in [-0.4, -0.2) is 39.3 Å². The Bertz CT molecular complexity index is 605. The highest BCUT2D eigenvalue weighted by Gasteiger charge is 2.27. The molecule has 0 unspecified atom stereocenters. The SMILES string of the molecule is CNC(=O)c1sc(N2CCOCC2)c(C#N)c1CCC(C)(C)C. The van der Waals surface area contributed by atoms with Gasteiger partial charge in [0, 0.05) is 20.1 Å². The van der Waals surface area contributed by atoms with Crippen molar-refractivity contribution in [1.82, 2.24) is 5.32 Å². The van der Waals surface area contributed by atoms with Crippen LogP contribution >= 0.6 is 11.3 Å². The van der Waals surface area contributed by atoms with Crippen molar-refractivity contribution in [2.24, 2.45) is 5.41 Å². The smallest absolute Gasteiger partial charge is 0.261 e. The fourth-order valence-electron chi connectivity index (χ4n) is 2.59. The summed E-state index contributed by atoms with van der Waals surface area (Å²) in [4.78, 5) is 15.1. The van der Waals surface area contributed by atoms with E-state index in [2.05, 4.69) is 37.1 Å². The molecule has 23 heavy (non-hydrogen) atoms. The van der Waals surface area contributed by atoms with E-state index in [1.807, 2.05) is 0 Å². The molecule has 0 aromatic carbocycles. The van der Waals surface area contributed by atoms with Crippen LogP contribution < -0.4 is 10.2 Å². The number of anilines is 1.